The maximum absolute atomic E-state index is 2.64. The van der Waals surface area contributed by atoms with Crippen LogP contribution in [0.4, 0.5) is 17.1 Å². The number of anilines is 3. The van der Waals surface area contributed by atoms with Gasteiger partial charge in [-0.15, -0.1) is 11.3 Å². The molecule has 0 fully saturated rings. The molecule has 0 radical (unpaired) electrons. The standard InChI is InChI=1S/C72H43BN4S/c1-5-21-44(22-6-1)46-37-65-71-66(38-46)77-60-35-19-15-32-52(60)70-69-51-31-14-18-34-59(51)74(47-25-9-3-10-26-47)64(69)42-57(72(70)77)73(71)56-41-61-54(40-63(56)76(65)58-33-17-13-29-49(58)45-23-7-2-8-24-45)53-39-55-50-30-16-20-36-67(50)78-68(55)43-62(53)75(61)48-27-11-4-12-28-48/h1-43H. The van der Waals surface area contributed by atoms with Gasteiger partial charge in [0.05, 0.1) is 38.8 Å². The Morgan fingerprint density at radius 2 is 0.846 bits per heavy atom. The highest BCUT2D eigenvalue weighted by Crippen LogP contribution is 2.50. The summed E-state index contributed by atoms with van der Waals surface area (Å²) < 4.78 is 10.3. The minimum absolute atomic E-state index is 0.153. The second kappa shape index (κ2) is 15.8. The summed E-state index contributed by atoms with van der Waals surface area (Å²) in [6, 6.07) is 97.8. The monoisotopic (exact) mass is 1010 g/mol. The molecule has 360 valence electrons. The van der Waals surface area contributed by atoms with Gasteiger partial charge in [-0.05, 0) is 124 Å². The Labute approximate surface area is 453 Å². The van der Waals surface area contributed by atoms with Crippen LogP contribution in [0.1, 0.15) is 0 Å². The summed E-state index contributed by atoms with van der Waals surface area (Å²) in [7, 11) is 0. The number of hydrogen-bond donors (Lipinski definition) is 0. The van der Waals surface area contributed by atoms with Crippen molar-refractivity contribution in [2.75, 3.05) is 4.90 Å². The normalized spacial score (nSPS) is 12.8. The second-order valence-corrected chi connectivity index (χ2v) is 22.2. The molecule has 0 amide bonds. The van der Waals surface area contributed by atoms with Crippen LogP contribution in [0.25, 0.3) is 125 Å². The minimum Gasteiger partial charge on any atom is -0.311 e. The number of thiophene rings is 1. The molecule has 0 spiro atoms. The molecule has 0 aliphatic carbocycles. The van der Waals surface area contributed by atoms with Crippen molar-refractivity contribution in [2.45, 2.75) is 0 Å². The van der Waals surface area contributed by atoms with Crippen molar-refractivity contribution < 1.29 is 0 Å². The molecule has 0 atom stereocenters. The van der Waals surface area contributed by atoms with Gasteiger partial charge in [0, 0.05) is 86.5 Å². The van der Waals surface area contributed by atoms with Crippen LogP contribution in [-0.4, -0.2) is 20.4 Å². The zero-order valence-electron chi connectivity index (χ0n) is 42.1. The predicted molar refractivity (Wildman–Crippen MR) is 333 cm³/mol. The predicted octanol–water partition coefficient (Wildman–Crippen LogP) is 17.3. The number of rotatable bonds is 5. The highest BCUT2D eigenvalue weighted by atomic mass is 32.1. The van der Waals surface area contributed by atoms with Crippen molar-refractivity contribution in [2.24, 2.45) is 0 Å². The SMILES string of the molecule is c1ccc(-c2cc3c4c(c2)-n2c5ccccc5c5c6c7ccccc7n(-c7ccccc7)c6cc(c52)B4c2cc4c(cc2N3c2ccccc2-c2ccccc2)c2cc3c(cc2n4-c2ccccc2)sc2ccccc23)cc1. The Morgan fingerprint density at radius 1 is 0.295 bits per heavy atom. The van der Waals surface area contributed by atoms with Gasteiger partial charge in [-0.2, -0.15) is 0 Å². The third-order valence-electron chi connectivity index (χ3n) is 17.1. The molecular weight excluding hydrogens is 964 g/mol. The van der Waals surface area contributed by atoms with Gasteiger partial charge in [0.2, 0.25) is 0 Å². The van der Waals surface area contributed by atoms with Gasteiger partial charge in [0.15, 0.2) is 0 Å². The lowest BCUT2D eigenvalue weighted by atomic mass is 9.33. The van der Waals surface area contributed by atoms with Gasteiger partial charge in [-0.25, -0.2) is 0 Å². The molecule has 0 unspecified atom stereocenters. The molecular formula is C72H43BN4S. The third kappa shape index (κ3) is 5.68. The fourth-order valence-corrected chi connectivity index (χ4v) is 15.1. The highest BCUT2D eigenvalue weighted by molar-refractivity contribution is 7.25. The Balaban J connectivity index is 1.06. The zero-order valence-corrected chi connectivity index (χ0v) is 42.9. The first kappa shape index (κ1) is 42.4. The average Bonchev–Trinajstić information content (AvgIpc) is 3.63. The van der Waals surface area contributed by atoms with Crippen molar-refractivity contribution in [1.29, 1.82) is 0 Å². The summed E-state index contributed by atoms with van der Waals surface area (Å²) >= 11 is 1.89. The van der Waals surface area contributed by atoms with E-state index < -0.39 is 0 Å². The Kier molecular flexibility index (Phi) is 8.60. The number of benzene rings is 12. The van der Waals surface area contributed by atoms with Crippen LogP contribution in [-0.2, 0) is 0 Å². The first-order valence-corrected chi connectivity index (χ1v) is 27.8. The molecule has 0 saturated carbocycles. The molecule has 2 aliphatic rings. The van der Waals surface area contributed by atoms with Crippen LogP contribution in [0.15, 0.2) is 261 Å². The van der Waals surface area contributed by atoms with Crippen LogP contribution in [0.3, 0.4) is 0 Å². The molecule has 0 N–H and O–H groups in total. The topological polar surface area (TPSA) is 18.0 Å². The van der Waals surface area contributed by atoms with Crippen molar-refractivity contribution in [1.82, 2.24) is 13.7 Å². The van der Waals surface area contributed by atoms with E-state index in [1.54, 1.807) is 0 Å². The molecule has 0 bridgehead atoms. The molecule has 6 heteroatoms. The quantitative estimate of drug-likeness (QED) is 0.157. The molecule has 18 rings (SSSR count). The zero-order chi connectivity index (χ0) is 50.7. The van der Waals surface area contributed by atoms with Gasteiger partial charge >= 0.3 is 0 Å². The van der Waals surface area contributed by atoms with E-state index in [0.717, 1.165) is 17.1 Å². The van der Waals surface area contributed by atoms with E-state index in [4.69, 9.17) is 0 Å². The molecule has 78 heavy (non-hydrogen) atoms. The minimum atomic E-state index is -0.153. The number of para-hydroxylation sites is 5. The Hall–Kier alpha value is -9.88. The van der Waals surface area contributed by atoms with Crippen molar-refractivity contribution in [3.8, 4) is 39.3 Å². The van der Waals surface area contributed by atoms with Gasteiger partial charge < -0.3 is 18.6 Å². The fourth-order valence-electron chi connectivity index (χ4n) is 14.0. The number of fused-ring (bicyclic) bond motifs is 17. The number of nitrogens with zero attached hydrogens (tertiary/aromatic N) is 4. The summed E-state index contributed by atoms with van der Waals surface area (Å²) in [6.45, 7) is -0.153. The summed E-state index contributed by atoms with van der Waals surface area (Å²) in [5, 5.41) is 10.2. The molecule has 12 aromatic carbocycles. The van der Waals surface area contributed by atoms with Crippen molar-refractivity contribution >= 4 is 137 Å². The summed E-state index contributed by atoms with van der Waals surface area (Å²) in [6.07, 6.45) is 0. The molecule has 6 heterocycles. The van der Waals surface area contributed by atoms with E-state index >= 15 is 0 Å². The number of aromatic nitrogens is 3. The van der Waals surface area contributed by atoms with E-state index in [1.165, 1.54) is 141 Å². The van der Waals surface area contributed by atoms with Crippen LogP contribution in [0, 0.1) is 0 Å². The second-order valence-electron chi connectivity index (χ2n) is 21.1. The Bertz CT molecular complexity index is 5210. The van der Waals surface area contributed by atoms with Gasteiger partial charge in [0.25, 0.3) is 6.71 Å². The van der Waals surface area contributed by atoms with Gasteiger partial charge in [-0.3, -0.25) is 0 Å². The van der Waals surface area contributed by atoms with E-state index in [2.05, 4.69) is 279 Å². The highest BCUT2D eigenvalue weighted by Gasteiger charge is 2.44. The smallest absolute Gasteiger partial charge is 0.252 e. The van der Waals surface area contributed by atoms with Crippen molar-refractivity contribution in [3.63, 3.8) is 0 Å². The lowest BCUT2D eigenvalue weighted by molar-refractivity contribution is 1.17. The molecule has 0 saturated heterocycles. The maximum Gasteiger partial charge on any atom is 0.252 e. The molecule has 16 aromatic rings. The average molecular weight is 1010 g/mol. The summed E-state index contributed by atoms with van der Waals surface area (Å²) in [5.74, 6) is 0. The van der Waals surface area contributed by atoms with Crippen LogP contribution in [0.5, 0.6) is 0 Å². The lowest BCUT2D eigenvalue weighted by Crippen LogP contribution is -2.60. The van der Waals surface area contributed by atoms with Crippen LogP contribution < -0.4 is 21.3 Å². The van der Waals surface area contributed by atoms with E-state index in [1.807, 2.05) is 11.3 Å². The first-order valence-electron chi connectivity index (χ1n) is 27.0. The van der Waals surface area contributed by atoms with Crippen molar-refractivity contribution in [3.05, 3.63) is 261 Å². The van der Waals surface area contributed by atoms with E-state index in [9.17, 15) is 0 Å². The fraction of sp³-hybridized carbons (Fsp3) is 0. The Morgan fingerprint density at radius 3 is 1.59 bits per heavy atom. The molecule has 4 nitrogen and oxygen atoms in total. The van der Waals surface area contributed by atoms with Gasteiger partial charge in [-0.1, -0.05) is 170 Å². The first-order chi connectivity index (χ1) is 38.7. The van der Waals surface area contributed by atoms with Crippen LogP contribution >= 0.6 is 11.3 Å². The van der Waals surface area contributed by atoms with Crippen LogP contribution in [0.2, 0.25) is 0 Å². The molecule has 4 aromatic heterocycles. The van der Waals surface area contributed by atoms with E-state index in [-0.39, 0.29) is 6.71 Å². The number of hydrogen-bond acceptors (Lipinski definition) is 2. The lowest BCUT2D eigenvalue weighted by Gasteiger charge is -2.41. The van der Waals surface area contributed by atoms with Gasteiger partial charge in [0.1, 0.15) is 0 Å². The largest absolute Gasteiger partial charge is 0.311 e. The molecule has 2 aliphatic heterocycles. The maximum atomic E-state index is 2.64. The third-order valence-corrected chi connectivity index (χ3v) is 18.3. The van der Waals surface area contributed by atoms with E-state index in [0.29, 0.717) is 0 Å². The summed E-state index contributed by atoms with van der Waals surface area (Å²) in [5.41, 5.74) is 22.9. The summed E-state index contributed by atoms with van der Waals surface area (Å²) in [4.78, 5) is 2.64.